The van der Waals surface area contributed by atoms with Crippen LogP contribution in [0.3, 0.4) is 0 Å². The molecule has 0 saturated heterocycles. The van der Waals surface area contributed by atoms with Gasteiger partial charge in [0.15, 0.2) is 0 Å². The van der Waals surface area contributed by atoms with E-state index in [1.54, 1.807) is 4.90 Å². The van der Waals surface area contributed by atoms with E-state index in [-0.39, 0.29) is 6.03 Å². The second kappa shape index (κ2) is 7.80. The molecule has 0 bridgehead atoms. The molecule has 0 fully saturated rings. The van der Waals surface area contributed by atoms with Crippen molar-refractivity contribution in [2.75, 3.05) is 17.3 Å². The molecule has 0 radical (unpaired) electrons. The molecule has 3 nitrogen and oxygen atoms in total. The fourth-order valence-corrected chi connectivity index (χ4v) is 16.9. The number of benzene rings is 2. The van der Waals surface area contributed by atoms with Gasteiger partial charge in [0.25, 0.3) is 0 Å². The molecule has 140 valence electrons. The van der Waals surface area contributed by atoms with Gasteiger partial charge in [-0.05, 0) is 28.9 Å². The van der Waals surface area contributed by atoms with Crippen molar-refractivity contribution in [3.63, 3.8) is 0 Å². The maximum absolute atomic E-state index is 12.8. The Morgan fingerprint density at radius 1 is 0.846 bits per heavy atom. The van der Waals surface area contributed by atoms with E-state index in [2.05, 4.69) is 62.8 Å². The number of para-hydroxylation sites is 2. The molecule has 1 N–H and O–H groups in total. The van der Waals surface area contributed by atoms with Gasteiger partial charge in [-0.1, -0.05) is 75.7 Å². The maximum Gasteiger partial charge on any atom is 0.326 e. The van der Waals surface area contributed by atoms with Crippen molar-refractivity contribution in [2.45, 2.75) is 44.4 Å². The number of nitrogens with zero attached hydrogens (tertiary/aromatic N) is 1. The van der Waals surface area contributed by atoms with E-state index in [1.807, 2.05) is 43.4 Å². The molecule has 0 spiro atoms. The van der Waals surface area contributed by atoms with E-state index in [0.717, 1.165) is 11.4 Å². The summed E-state index contributed by atoms with van der Waals surface area (Å²) in [6, 6.07) is 17.9. The van der Waals surface area contributed by atoms with E-state index in [0.29, 0.717) is 5.16 Å². The summed E-state index contributed by atoms with van der Waals surface area (Å²) in [4.78, 5) is 14.6. The Morgan fingerprint density at radius 3 is 1.88 bits per heavy atom. The lowest BCUT2D eigenvalue weighted by atomic mass is 10.2. The molecular formula is C21H32N2OSi2. The van der Waals surface area contributed by atoms with Crippen LogP contribution < -0.4 is 10.2 Å². The lowest BCUT2D eigenvalue weighted by Gasteiger charge is -2.40. The third-order valence-electron chi connectivity index (χ3n) is 4.67. The number of carbonyl (C=O) groups is 1. The summed E-state index contributed by atoms with van der Waals surface area (Å²) in [5.74, 6) is 0. The van der Waals surface area contributed by atoms with Crippen LogP contribution in [0, 0.1) is 0 Å². The number of urea groups is 1. The van der Waals surface area contributed by atoms with Crippen LogP contribution in [0.15, 0.2) is 54.6 Å². The monoisotopic (exact) mass is 384 g/mol. The molecule has 2 amide bonds. The largest absolute Gasteiger partial charge is 0.326 e. The van der Waals surface area contributed by atoms with E-state index >= 15 is 0 Å². The Morgan fingerprint density at radius 2 is 1.35 bits per heavy atom. The minimum absolute atomic E-state index is 0.103. The van der Waals surface area contributed by atoms with Crippen LogP contribution in [0.4, 0.5) is 16.2 Å². The second-order valence-corrected chi connectivity index (χ2v) is 20.3. The van der Waals surface area contributed by atoms with Crippen molar-refractivity contribution in [1.82, 2.24) is 0 Å². The van der Waals surface area contributed by atoms with Gasteiger partial charge in [-0.2, -0.15) is 0 Å². The zero-order valence-corrected chi connectivity index (χ0v) is 19.1. The number of hydrogen-bond acceptors (Lipinski definition) is 1. The summed E-state index contributed by atoms with van der Waals surface area (Å²) in [7, 11) is -1.03. The molecule has 0 aliphatic heterocycles. The van der Waals surface area contributed by atoms with E-state index in [9.17, 15) is 4.79 Å². The molecule has 5 heteroatoms. The number of hydrogen-bond donors (Lipinski definition) is 1. The smallest absolute Gasteiger partial charge is 0.308 e. The minimum Gasteiger partial charge on any atom is -0.308 e. The van der Waals surface area contributed by atoms with Crippen LogP contribution in [-0.4, -0.2) is 29.2 Å². The highest BCUT2D eigenvalue weighted by molar-refractivity contribution is 6.96. The van der Waals surface area contributed by atoms with Gasteiger partial charge < -0.3 is 5.32 Å². The van der Waals surface area contributed by atoms with Crippen LogP contribution in [0.5, 0.6) is 0 Å². The third-order valence-corrected chi connectivity index (χ3v) is 14.0. The van der Waals surface area contributed by atoms with Crippen LogP contribution in [-0.2, 0) is 0 Å². The lowest BCUT2D eigenvalue weighted by Crippen LogP contribution is -2.47. The molecule has 0 aliphatic carbocycles. The Hall–Kier alpha value is -1.86. The van der Waals surface area contributed by atoms with Gasteiger partial charge in [-0.25, -0.2) is 4.79 Å². The van der Waals surface area contributed by atoms with Gasteiger partial charge in [0, 0.05) is 34.6 Å². The van der Waals surface area contributed by atoms with Gasteiger partial charge in [-0.3, -0.25) is 4.90 Å². The van der Waals surface area contributed by atoms with Gasteiger partial charge >= 0.3 is 6.03 Å². The number of nitrogens with one attached hydrogen (secondary N) is 1. The number of anilines is 2. The molecule has 0 heterocycles. The SMILES string of the molecule is CN(C(=O)Nc1ccccc1)c1ccccc1C([Si](C)(C)C)[Si](C)(C)C. The summed E-state index contributed by atoms with van der Waals surface area (Å²) < 4.78 is 0. The van der Waals surface area contributed by atoms with Gasteiger partial charge in [0.05, 0.1) is 0 Å². The highest BCUT2D eigenvalue weighted by Crippen LogP contribution is 2.40. The first-order valence-corrected chi connectivity index (χ1v) is 16.4. The molecular weight excluding hydrogens is 352 g/mol. The fourth-order valence-electron chi connectivity index (χ4n) is 4.11. The standard InChI is InChI=1S/C21H32N2OSi2/c1-23(21(24)22-17-13-9-8-10-14-17)19-16-12-11-15-18(19)20(25(2,3)4)26(5,6)7/h8-16,20H,1-7H3,(H,22,24). The number of carbonyl (C=O) groups excluding carboxylic acids is 1. The average molecular weight is 385 g/mol. The van der Waals surface area contributed by atoms with Crippen LogP contribution in [0.2, 0.25) is 39.3 Å². The average Bonchev–Trinajstić information content (AvgIpc) is 2.53. The summed E-state index contributed by atoms with van der Waals surface area (Å²) in [5.41, 5.74) is 3.17. The summed E-state index contributed by atoms with van der Waals surface area (Å²) in [6.07, 6.45) is 0. The molecule has 2 aromatic carbocycles. The van der Waals surface area contributed by atoms with Crippen molar-refractivity contribution >= 4 is 33.6 Å². The van der Waals surface area contributed by atoms with Gasteiger partial charge in [0.1, 0.15) is 0 Å². The normalized spacial score (nSPS) is 12.2. The minimum atomic E-state index is -1.45. The van der Waals surface area contributed by atoms with E-state index < -0.39 is 16.1 Å². The van der Waals surface area contributed by atoms with Crippen molar-refractivity contribution in [3.05, 3.63) is 60.2 Å². The molecule has 0 aliphatic rings. The Balaban J connectivity index is 2.40. The molecule has 2 rings (SSSR count). The van der Waals surface area contributed by atoms with Crippen LogP contribution >= 0.6 is 0 Å². The zero-order valence-electron chi connectivity index (χ0n) is 17.1. The van der Waals surface area contributed by atoms with Crippen molar-refractivity contribution in [2.24, 2.45) is 0 Å². The first-order chi connectivity index (χ1) is 12.0. The first kappa shape index (κ1) is 20.5. The summed E-state index contributed by atoms with van der Waals surface area (Å²) >= 11 is 0. The molecule has 2 aromatic rings. The van der Waals surface area contributed by atoms with Crippen molar-refractivity contribution in [1.29, 1.82) is 0 Å². The summed E-state index contributed by atoms with van der Waals surface area (Å²) in [5, 5.41) is 3.58. The predicted octanol–water partition coefficient (Wildman–Crippen LogP) is 6.19. The van der Waals surface area contributed by atoms with Gasteiger partial charge in [-0.15, -0.1) is 0 Å². The first-order valence-electron chi connectivity index (χ1n) is 9.20. The van der Waals surface area contributed by atoms with Crippen LogP contribution in [0.1, 0.15) is 10.7 Å². The quantitative estimate of drug-likeness (QED) is 0.612. The predicted molar refractivity (Wildman–Crippen MR) is 120 cm³/mol. The molecule has 0 atom stereocenters. The topological polar surface area (TPSA) is 32.3 Å². The van der Waals surface area contributed by atoms with Crippen LogP contribution in [0.25, 0.3) is 0 Å². The highest BCUT2D eigenvalue weighted by Gasteiger charge is 2.40. The van der Waals surface area contributed by atoms with Crippen molar-refractivity contribution < 1.29 is 4.79 Å². The van der Waals surface area contributed by atoms with E-state index in [4.69, 9.17) is 0 Å². The Bertz CT molecular complexity index is 735. The third kappa shape index (κ3) is 4.86. The number of rotatable bonds is 5. The highest BCUT2D eigenvalue weighted by atomic mass is 28.4. The zero-order chi connectivity index (χ0) is 19.5. The Kier molecular flexibility index (Phi) is 6.14. The molecule has 26 heavy (non-hydrogen) atoms. The maximum atomic E-state index is 12.8. The van der Waals surface area contributed by atoms with E-state index in [1.165, 1.54) is 5.56 Å². The molecule has 0 unspecified atom stereocenters. The lowest BCUT2D eigenvalue weighted by molar-refractivity contribution is 0.258. The fraction of sp³-hybridized carbons (Fsp3) is 0.381. The summed E-state index contributed by atoms with van der Waals surface area (Å²) in [6.45, 7) is 14.6. The van der Waals surface area contributed by atoms with Gasteiger partial charge in [0.2, 0.25) is 0 Å². The molecule has 0 saturated carbocycles. The van der Waals surface area contributed by atoms with Crippen molar-refractivity contribution in [3.8, 4) is 0 Å². The second-order valence-electron chi connectivity index (χ2n) is 9.08. The number of amides is 2. The molecule has 0 aromatic heterocycles. The Labute approximate surface area is 160 Å².